The van der Waals surface area contributed by atoms with Crippen molar-refractivity contribution < 1.29 is 4.79 Å². The summed E-state index contributed by atoms with van der Waals surface area (Å²) in [4.78, 5) is 11.8. The molecule has 0 fully saturated rings. The molecule has 3 nitrogen and oxygen atoms in total. The summed E-state index contributed by atoms with van der Waals surface area (Å²) in [5.74, 6) is 0.0519. The number of amides is 1. The van der Waals surface area contributed by atoms with E-state index in [0.29, 0.717) is 19.5 Å². The summed E-state index contributed by atoms with van der Waals surface area (Å²) < 4.78 is 1.00. The van der Waals surface area contributed by atoms with Crippen LogP contribution in [0.1, 0.15) is 17.5 Å². The van der Waals surface area contributed by atoms with E-state index in [4.69, 9.17) is 0 Å². The van der Waals surface area contributed by atoms with Crippen LogP contribution in [0.4, 0.5) is 5.69 Å². The van der Waals surface area contributed by atoms with Crippen molar-refractivity contribution in [3.8, 4) is 0 Å². The second-order valence-corrected chi connectivity index (χ2v) is 5.78. The van der Waals surface area contributed by atoms with Gasteiger partial charge in [0.2, 0.25) is 5.91 Å². The van der Waals surface area contributed by atoms with Crippen molar-refractivity contribution in [2.75, 3.05) is 11.9 Å². The monoisotopic (exact) mass is 346 g/mol. The first-order valence-electron chi connectivity index (χ1n) is 6.96. The molecule has 0 saturated heterocycles. The number of rotatable bonds is 6. The molecule has 0 unspecified atom stereocenters. The number of hydrogen-bond acceptors (Lipinski definition) is 2. The average Bonchev–Trinajstić information content (AvgIpc) is 2.47. The summed E-state index contributed by atoms with van der Waals surface area (Å²) in [7, 11) is 0. The van der Waals surface area contributed by atoms with Gasteiger partial charge in [-0.3, -0.25) is 4.79 Å². The largest absolute Gasteiger partial charge is 0.384 e. The Morgan fingerprint density at radius 3 is 2.71 bits per heavy atom. The second kappa shape index (κ2) is 7.84. The summed E-state index contributed by atoms with van der Waals surface area (Å²) in [5, 5.41) is 6.18. The minimum absolute atomic E-state index is 0.0519. The molecule has 2 aromatic carbocycles. The number of nitrogens with one attached hydrogen (secondary N) is 2. The van der Waals surface area contributed by atoms with E-state index in [1.165, 1.54) is 5.56 Å². The van der Waals surface area contributed by atoms with Crippen LogP contribution in [0.3, 0.4) is 0 Å². The van der Waals surface area contributed by atoms with Crippen LogP contribution in [0.25, 0.3) is 0 Å². The normalized spacial score (nSPS) is 10.2. The molecule has 0 aliphatic carbocycles. The standard InChI is InChI=1S/C17H19BrN2O/c1-13-5-4-6-14(11-13)12-20-17(21)9-10-19-16-8-3-2-7-15(16)18/h2-8,11,19H,9-10,12H2,1H3,(H,20,21). The molecule has 110 valence electrons. The van der Waals surface area contributed by atoms with Gasteiger partial charge in [-0.15, -0.1) is 0 Å². The molecular weight excluding hydrogens is 328 g/mol. The van der Waals surface area contributed by atoms with E-state index in [9.17, 15) is 4.79 Å². The highest BCUT2D eigenvalue weighted by Crippen LogP contribution is 2.20. The first kappa shape index (κ1) is 15.6. The highest BCUT2D eigenvalue weighted by Gasteiger charge is 2.02. The molecule has 0 bridgehead atoms. The lowest BCUT2D eigenvalue weighted by molar-refractivity contribution is -0.121. The fourth-order valence-corrected chi connectivity index (χ4v) is 2.45. The third kappa shape index (κ3) is 5.23. The van der Waals surface area contributed by atoms with E-state index in [2.05, 4.69) is 32.6 Å². The zero-order chi connectivity index (χ0) is 15.1. The Kier molecular flexibility index (Phi) is 5.81. The van der Waals surface area contributed by atoms with Gasteiger partial charge in [-0.1, -0.05) is 42.0 Å². The molecule has 0 spiro atoms. The zero-order valence-corrected chi connectivity index (χ0v) is 13.6. The van der Waals surface area contributed by atoms with Crippen LogP contribution in [0, 0.1) is 6.92 Å². The van der Waals surface area contributed by atoms with E-state index in [0.717, 1.165) is 15.7 Å². The quantitative estimate of drug-likeness (QED) is 0.833. The maximum atomic E-state index is 11.8. The third-order valence-corrected chi connectivity index (χ3v) is 3.81. The highest BCUT2D eigenvalue weighted by molar-refractivity contribution is 9.10. The first-order chi connectivity index (χ1) is 10.1. The van der Waals surface area contributed by atoms with E-state index < -0.39 is 0 Å². The average molecular weight is 347 g/mol. The molecule has 0 radical (unpaired) electrons. The molecule has 0 aliphatic heterocycles. The van der Waals surface area contributed by atoms with Gasteiger partial charge in [-0.25, -0.2) is 0 Å². The van der Waals surface area contributed by atoms with Crippen molar-refractivity contribution in [2.24, 2.45) is 0 Å². The maximum Gasteiger partial charge on any atom is 0.222 e. The lowest BCUT2D eigenvalue weighted by Gasteiger charge is -2.09. The topological polar surface area (TPSA) is 41.1 Å². The Morgan fingerprint density at radius 2 is 1.95 bits per heavy atom. The zero-order valence-electron chi connectivity index (χ0n) is 12.0. The predicted octanol–water partition coefficient (Wildman–Crippen LogP) is 3.88. The number of anilines is 1. The van der Waals surface area contributed by atoms with Gasteiger partial charge in [0.15, 0.2) is 0 Å². The van der Waals surface area contributed by atoms with Crippen LogP contribution in [0.5, 0.6) is 0 Å². The Morgan fingerprint density at radius 1 is 1.14 bits per heavy atom. The molecule has 4 heteroatoms. The van der Waals surface area contributed by atoms with Crippen molar-refractivity contribution in [1.29, 1.82) is 0 Å². The molecule has 0 aromatic heterocycles. The molecule has 0 atom stereocenters. The second-order valence-electron chi connectivity index (χ2n) is 4.92. The Balaban J connectivity index is 1.72. The van der Waals surface area contributed by atoms with Gasteiger partial charge in [0.1, 0.15) is 0 Å². The van der Waals surface area contributed by atoms with Gasteiger partial charge in [-0.05, 0) is 40.5 Å². The van der Waals surface area contributed by atoms with Crippen molar-refractivity contribution in [2.45, 2.75) is 19.9 Å². The fraction of sp³-hybridized carbons (Fsp3) is 0.235. The molecule has 21 heavy (non-hydrogen) atoms. The fourth-order valence-electron chi connectivity index (χ4n) is 2.03. The lowest BCUT2D eigenvalue weighted by Crippen LogP contribution is -2.24. The number of benzene rings is 2. The summed E-state index contributed by atoms with van der Waals surface area (Å²) >= 11 is 3.47. The Hall–Kier alpha value is -1.81. The summed E-state index contributed by atoms with van der Waals surface area (Å²) in [6.07, 6.45) is 0.452. The predicted molar refractivity (Wildman–Crippen MR) is 90.3 cm³/mol. The van der Waals surface area contributed by atoms with E-state index in [-0.39, 0.29) is 5.91 Å². The number of para-hydroxylation sites is 1. The van der Waals surface area contributed by atoms with E-state index in [1.54, 1.807) is 0 Å². The number of halogens is 1. The molecule has 1 amide bonds. The van der Waals surface area contributed by atoms with Gasteiger partial charge in [0.25, 0.3) is 0 Å². The summed E-state index contributed by atoms with van der Waals surface area (Å²) in [6, 6.07) is 16.0. The number of carbonyl (C=O) groups excluding carboxylic acids is 1. The van der Waals surface area contributed by atoms with Crippen LogP contribution in [-0.4, -0.2) is 12.5 Å². The third-order valence-electron chi connectivity index (χ3n) is 3.11. The van der Waals surface area contributed by atoms with Crippen LogP contribution in [-0.2, 0) is 11.3 Å². The molecule has 0 aliphatic rings. The van der Waals surface area contributed by atoms with Gasteiger partial charge in [-0.2, -0.15) is 0 Å². The van der Waals surface area contributed by atoms with Crippen LogP contribution in [0.15, 0.2) is 53.0 Å². The summed E-state index contributed by atoms with van der Waals surface area (Å²) in [5.41, 5.74) is 3.34. The number of carbonyl (C=O) groups is 1. The van der Waals surface area contributed by atoms with Crippen LogP contribution in [0.2, 0.25) is 0 Å². The molecule has 2 aromatic rings. The van der Waals surface area contributed by atoms with Crippen LogP contribution < -0.4 is 10.6 Å². The van der Waals surface area contributed by atoms with E-state index >= 15 is 0 Å². The molecule has 0 heterocycles. The van der Waals surface area contributed by atoms with Gasteiger partial charge in [0.05, 0.1) is 0 Å². The Labute approximate surface area is 133 Å². The first-order valence-corrected chi connectivity index (χ1v) is 7.75. The molecule has 2 N–H and O–H groups in total. The van der Waals surface area contributed by atoms with Gasteiger partial charge in [0, 0.05) is 29.7 Å². The van der Waals surface area contributed by atoms with Gasteiger partial charge >= 0.3 is 0 Å². The molecular formula is C17H19BrN2O. The van der Waals surface area contributed by atoms with Crippen molar-refractivity contribution >= 4 is 27.5 Å². The van der Waals surface area contributed by atoms with Crippen molar-refractivity contribution in [3.63, 3.8) is 0 Å². The number of hydrogen-bond donors (Lipinski definition) is 2. The number of aryl methyl sites for hydroxylation is 1. The van der Waals surface area contributed by atoms with Crippen molar-refractivity contribution in [3.05, 3.63) is 64.1 Å². The maximum absolute atomic E-state index is 11.8. The molecule has 2 rings (SSSR count). The Bertz CT molecular complexity index is 613. The smallest absolute Gasteiger partial charge is 0.222 e. The SMILES string of the molecule is Cc1cccc(CNC(=O)CCNc2ccccc2Br)c1. The minimum Gasteiger partial charge on any atom is -0.384 e. The van der Waals surface area contributed by atoms with Crippen molar-refractivity contribution in [1.82, 2.24) is 5.32 Å². The van der Waals surface area contributed by atoms with Gasteiger partial charge < -0.3 is 10.6 Å². The van der Waals surface area contributed by atoms with E-state index in [1.807, 2.05) is 49.4 Å². The summed E-state index contributed by atoms with van der Waals surface area (Å²) in [6.45, 7) is 3.24. The highest BCUT2D eigenvalue weighted by atomic mass is 79.9. The van der Waals surface area contributed by atoms with Crippen LogP contribution >= 0.6 is 15.9 Å². The lowest BCUT2D eigenvalue weighted by atomic mass is 10.1. The minimum atomic E-state index is 0.0519. The molecule has 0 saturated carbocycles.